The van der Waals surface area contributed by atoms with Crippen LogP contribution in [0.4, 0.5) is 0 Å². The van der Waals surface area contributed by atoms with E-state index in [0.717, 1.165) is 10.0 Å². The van der Waals surface area contributed by atoms with Crippen LogP contribution in [0, 0.1) is 6.92 Å². The van der Waals surface area contributed by atoms with Crippen LogP contribution < -0.4 is 0 Å². The number of ketones is 1. The Hall–Kier alpha value is -1.88. The fourth-order valence-electron chi connectivity index (χ4n) is 1.45. The summed E-state index contributed by atoms with van der Waals surface area (Å²) in [6, 6.07) is 7.78. The molecule has 0 amide bonds. The number of carboxylic acids is 1. The van der Waals surface area contributed by atoms with Crippen LogP contribution >= 0.6 is 15.9 Å². The topological polar surface area (TPSA) is 67.5 Å². The van der Waals surface area contributed by atoms with Gasteiger partial charge < -0.3 is 9.52 Å². The average molecular weight is 309 g/mol. The van der Waals surface area contributed by atoms with Gasteiger partial charge in [0.2, 0.25) is 11.5 Å². The van der Waals surface area contributed by atoms with Gasteiger partial charge in [-0.3, -0.25) is 4.79 Å². The van der Waals surface area contributed by atoms with Crippen LogP contribution in [0.15, 0.2) is 39.2 Å². The van der Waals surface area contributed by atoms with Gasteiger partial charge in [0.25, 0.3) is 0 Å². The minimum atomic E-state index is -1.20. The van der Waals surface area contributed by atoms with Crippen molar-refractivity contribution in [3.05, 3.63) is 57.5 Å². The number of carbonyl (C=O) groups excluding carboxylic acids is 1. The highest BCUT2D eigenvalue weighted by Crippen LogP contribution is 2.20. The van der Waals surface area contributed by atoms with Gasteiger partial charge in [0.05, 0.1) is 0 Å². The molecular formula is C13H9BrO4. The molecule has 5 heteroatoms. The number of hydrogen-bond acceptors (Lipinski definition) is 3. The smallest absolute Gasteiger partial charge is 0.371 e. The molecule has 0 saturated carbocycles. The van der Waals surface area contributed by atoms with E-state index in [2.05, 4.69) is 15.9 Å². The second-order valence-electron chi connectivity index (χ2n) is 3.76. The molecule has 0 radical (unpaired) electrons. The zero-order chi connectivity index (χ0) is 13.3. The predicted octanol–water partition coefficient (Wildman–Crippen LogP) is 3.28. The average Bonchev–Trinajstić information content (AvgIpc) is 2.81. The first-order chi connectivity index (χ1) is 8.49. The van der Waals surface area contributed by atoms with E-state index in [1.807, 2.05) is 6.92 Å². The normalized spacial score (nSPS) is 10.3. The third-order valence-electron chi connectivity index (χ3n) is 2.47. The number of aromatic carboxylic acids is 1. The van der Waals surface area contributed by atoms with Crippen molar-refractivity contribution in [1.82, 2.24) is 0 Å². The van der Waals surface area contributed by atoms with E-state index in [4.69, 9.17) is 9.52 Å². The molecule has 1 heterocycles. The molecule has 0 aliphatic carbocycles. The molecule has 4 nitrogen and oxygen atoms in total. The Kier molecular flexibility index (Phi) is 3.34. The molecule has 0 spiro atoms. The fraction of sp³-hybridized carbons (Fsp3) is 0.0769. The number of furan rings is 1. The third-order valence-corrected chi connectivity index (χ3v) is 3.33. The van der Waals surface area contributed by atoms with Crippen LogP contribution in [0.25, 0.3) is 0 Å². The summed E-state index contributed by atoms with van der Waals surface area (Å²) in [5.74, 6) is -1.77. The van der Waals surface area contributed by atoms with Crippen molar-refractivity contribution in [2.75, 3.05) is 0 Å². The lowest BCUT2D eigenvalue weighted by Gasteiger charge is -2.01. The fourth-order valence-corrected chi connectivity index (χ4v) is 1.83. The van der Waals surface area contributed by atoms with Gasteiger partial charge in [-0.1, -0.05) is 28.1 Å². The number of carboxylic acid groups (broad SMARTS) is 1. The van der Waals surface area contributed by atoms with Crippen molar-refractivity contribution in [3.63, 3.8) is 0 Å². The van der Waals surface area contributed by atoms with Crippen molar-refractivity contribution in [3.8, 4) is 0 Å². The zero-order valence-electron chi connectivity index (χ0n) is 9.44. The quantitative estimate of drug-likeness (QED) is 0.884. The van der Waals surface area contributed by atoms with E-state index in [0.29, 0.717) is 5.56 Å². The van der Waals surface area contributed by atoms with Gasteiger partial charge in [-0.25, -0.2) is 4.79 Å². The maximum Gasteiger partial charge on any atom is 0.371 e. The van der Waals surface area contributed by atoms with E-state index in [1.165, 1.54) is 12.1 Å². The molecule has 92 valence electrons. The van der Waals surface area contributed by atoms with E-state index in [9.17, 15) is 9.59 Å². The first-order valence-electron chi connectivity index (χ1n) is 5.13. The first-order valence-corrected chi connectivity index (χ1v) is 5.92. The molecule has 18 heavy (non-hydrogen) atoms. The summed E-state index contributed by atoms with van der Waals surface area (Å²) in [7, 11) is 0. The summed E-state index contributed by atoms with van der Waals surface area (Å²) < 4.78 is 5.78. The van der Waals surface area contributed by atoms with E-state index < -0.39 is 5.97 Å². The molecule has 0 aliphatic rings. The Labute approximate surface area is 111 Å². The highest BCUT2D eigenvalue weighted by atomic mass is 79.9. The van der Waals surface area contributed by atoms with E-state index >= 15 is 0 Å². The highest BCUT2D eigenvalue weighted by molar-refractivity contribution is 9.10. The van der Waals surface area contributed by atoms with Crippen LogP contribution in [-0.2, 0) is 0 Å². The van der Waals surface area contributed by atoms with Gasteiger partial charge in [0, 0.05) is 10.0 Å². The van der Waals surface area contributed by atoms with Gasteiger partial charge in [-0.2, -0.15) is 0 Å². The largest absolute Gasteiger partial charge is 0.475 e. The Balaban J connectivity index is 2.35. The number of hydrogen-bond donors (Lipinski definition) is 1. The van der Waals surface area contributed by atoms with Crippen molar-refractivity contribution >= 4 is 27.7 Å². The monoisotopic (exact) mass is 308 g/mol. The Morgan fingerprint density at radius 3 is 2.39 bits per heavy atom. The summed E-state index contributed by atoms with van der Waals surface area (Å²) in [5.41, 5.74) is 1.45. The molecule has 0 aliphatic heterocycles. The summed E-state index contributed by atoms with van der Waals surface area (Å²) in [5, 5.41) is 8.72. The lowest BCUT2D eigenvalue weighted by Crippen LogP contribution is -2.00. The van der Waals surface area contributed by atoms with Gasteiger partial charge >= 0.3 is 5.97 Å². The summed E-state index contributed by atoms with van der Waals surface area (Å²) >= 11 is 3.34. The van der Waals surface area contributed by atoms with Crippen LogP contribution in [0.5, 0.6) is 0 Å². The van der Waals surface area contributed by atoms with Gasteiger partial charge in [-0.15, -0.1) is 0 Å². The number of halogens is 1. The molecule has 0 bridgehead atoms. The Bertz CT molecular complexity index is 628. The van der Waals surface area contributed by atoms with Crippen LogP contribution in [0.2, 0.25) is 0 Å². The van der Waals surface area contributed by atoms with E-state index in [1.54, 1.807) is 18.2 Å². The Morgan fingerprint density at radius 1 is 1.17 bits per heavy atom. The standard InChI is InChI=1S/C13H9BrO4/c1-7-2-3-8(6-9(7)14)12(15)10-4-5-11(18-10)13(16)17/h2-6H,1H3,(H,16,17). The first kappa shape index (κ1) is 12.6. The number of aryl methyl sites for hydroxylation is 1. The maximum atomic E-state index is 12.0. The highest BCUT2D eigenvalue weighted by Gasteiger charge is 2.16. The summed E-state index contributed by atoms with van der Waals surface area (Å²) in [4.78, 5) is 22.7. The van der Waals surface area contributed by atoms with Crippen molar-refractivity contribution in [2.45, 2.75) is 6.92 Å². The molecule has 2 aromatic rings. The van der Waals surface area contributed by atoms with Crippen molar-refractivity contribution in [1.29, 1.82) is 0 Å². The molecule has 0 atom stereocenters. The third kappa shape index (κ3) is 2.36. The van der Waals surface area contributed by atoms with Crippen LogP contribution in [-0.4, -0.2) is 16.9 Å². The number of carbonyl (C=O) groups is 2. The minimum absolute atomic E-state index is 0.0168. The molecule has 0 unspecified atom stereocenters. The molecule has 0 fully saturated rings. The van der Waals surface area contributed by atoms with E-state index in [-0.39, 0.29) is 17.3 Å². The molecule has 0 saturated heterocycles. The second-order valence-corrected chi connectivity index (χ2v) is 4.62. The molecule has 1 aromatic heterocycles. The number of rotatable bonds is 3. The lowest BCUT2D eigenvalue weighted by atomic mass is 10.1. The predicted molar refractivity (Wildman–Crippen MR) is 68.0 cm³/mol. The zero-order valence-corrected chi connectivity index (χ0v) is 11.0. The van der Waals surface area contributed by atoms with Crippen molar-refractivity contribution < 1.29 is 19.1 Å². The lowest BCUT2D eigenvalue weighted by molar-refractivity contribution is 0.0660. The molecule has 2 rings (SSSR count). The molecular weight excluding hydrogens is 300 g/mol. The van der Waals surface area contributed by atoms with Crippen molar-refractivity contribution in [2.24, 2.45) is 0 Å². The number of benzene rings is 1. The summed E-state index contributed by atoms with van der Waals surface area (Å²) in [6.45, 7) is 1.91. The molecule has 1 N–H and O–H groups in total. The van der Waals surface area contributed by atoms with Gasteiger partial charge in [-0.05, 0) is 30.7 Å². The maximum absolute atomic E-state index is 12.0. The van der Waals surface area contributed by atoms with Gasteiger partial charge in [0.1, 0.15) is 0 Å². The molecule has 1 aromatic carbocycles. The van der Waals surface area contributed by atoms with Crippen LogP contribution in [0.3, 0.4) is 0 Å². The summed E-state index contributed by atoms with van der Waals surface area (Å²) in [6.07, 6.45) is 0. The van der Waals surface area contributed by atoms with Gasteiger partial charge in [0.15, 0.2) is 5.76 Å². The second kappa shape index (κ2) is 4.78. The SMILES string of the molecule is Cc1ccc(C(=O)c2ccc(C(=O)O)o2)cc1Br. The minimum Gasteiger partial charge on any atom is -0.475 e. The Morgan fingerprint density at radius 2 is 1.83 bits per heavy atom. The van der Waals surface area contributed by atoms with Crippen LogP contribution in [0.1, 0.15) is 32.2 Å².